The van der Waals surface area contributed by atoms with Crippen LogP contribution in [0.25, 0.3) is 0 Å². The number of hydrogen-bond acceptors (Lipinski definition) is 2. The average Bonchev–Trinajstić information content (AvgIpc) is 2.32. The molecule has 1 saturated carbocycles. The van der Waals surface area contributed by atoms with Crippen molar-refractivity contribution in [3.05, 3.63) is 12.3 Å². The molecule has 0 atom stereocenters. The molecule has 0 unspecified atom stereocenters. The van der Waals surface area contributed by atoms with E-state index < -0.39 is 5.97 Å². The van der Waals surface area contributed by atoms with Crippen molar-refractivity contribution in [2.45, 2.75) is 44.6 Å². The van der Waals surface area contributed by atoms with E-state index in [-0.39, 0.29) is 0 Å². The lowest BCUT2D eigenvalue weighted by Crippen LogP contribution is -2.23. The van der Waals surface area contributed by atoms with Crippen molar-refractivity contribution >= 4 is 5.97 Å². The van der Waals surface area contributed by atoms with E-state index in [0.29, 0.717) is 6.04 Å². The Kier molecular flexibility index (Phi) is 4.36. The zero-order chi connectivity index (χ0) is 9.52. The van der Waals surface area contributed by atoms with Gasteiger partial charge in [0, 0.05) is 18.3 Å². The smallest absolute Gasteiger partial charge is 0.329 e. The highest BCUT2D eigenvalue weighted by Gasteiger charge is 2.09. The lowest BCUT2D eigenvalue weighted by molar-refractivity contribution is -0.131. The number of carboxylic acid groups (broad SMARTS) is 1. The number of nitrogens with one attached hydrogen (secondary N) is 1. The van der Waals surface area contributed by atoms with E-state index in [0.717, 1.165) is 6.08 Å². The summed E-state index contributed by atoms with van der Waals surface area (Å²) in [6, 6.07) is 0.484. The minimum Gasteiger partial charge on any atom is -0.478 e. The van der Waals surface area contributed by atoms with Crippen molar-refractivity contribution in [3.63, 3.8) is 0 Å². The van der Waals surface area contributed by atoms with Gasteiger partial charge in [0.05, 0.1) is 0 Å². The normalized spacial score (nSPS) is 20.0. The van der Waals surface area contributed by atoms with Crippen molar-refractivity contribution in [2.24, 2.45) is 0 Å². The van der Waals surface area contributed by atoms with Crippen molar-refractivity contribution < 1.29 is 9.90 Å². The van der Waals surface area contributed by atoms with Crippen molar-refractivity contribution in [2.75, 3.05) is 0 Å². The van der Waals surface area contributed by atoms with Crippen LogP contribution in [-0.4, -0.2) is 17.1 Å². The van der Waals surface area contributed by atoms with Gasteiger partial charge in [-0.25, -0.2) is 4.79 Å². The van der Waals surface area contributed by atoms with Crippen LogP contribution in [-0.2, 0) is 4.79 Å². The van der Waals surface area contributed by atoms with Crippen LogP contribution < -0.4 is 5.32 Å². The van der Waals surface area contributed by atoms with Gasteiger partial charge in [0.2, 0.25) is 0 Å². The Labute approximate surface area is 78.8 Å². The maximum atomic E-state index is 10.2. The minimum atomic E-state index is -0.888. The summed E-state index contributed by atoms with van der Waals surface area (Å²) in [4.78, 5) is 10.2. The molecule has 74 valence electrons. The van der Waals surface area contributed by atoms with Gasteiger partial charge >= 0.3 is 5.97 Å². The van der Waals surface area contributed by atoms with Gasteiger partial charge in [-0.15, -0.1) is 0 Å². The Balaban J connectivity index is 2.22. The molecule has 0 aromatic rings. The monoisotopic (exact) mass is 183 g/mol. The zero-order valence-corrected chi connectivity index (χ0v) is 7.83. The van der Waals surface area contributed by atoms with Crippen LogP contribution in [0.5, 0.6) is 0 Å². The van der Waals surface area contributed by atoms with Crippen LogP contribution in [0.2, 0.25) is 0 Å². The molecule has 0 spiro atoms. The van der Waals surface area contributed by atoms with Gasteiger partial charge in [-0.05, 0) is 12.8 Å². The Bertz CT molecular complexity index is 181. The van der Waals surface area contributed by atoms with Crippen LogP contribution in [0.4, 0.5) is 0 Å². The molecule has 0 radical (unpaired) electrons. The van der Waals surface area contributed by atoms with Crippen LogP contribution in [0, 0.1) is 0 Å². The summed E-state index contributed by atoms with van der Waals surface area (Å²) in [5.41, 5.74) is 0. The van der Waals surface area contributed by atoms with E-state index >= 15 is 0 Å². The van der Waals surface area contributed by atoms with Gasteiger partial charge in [0.15, 0.2) is 0 Å². The van der Waals surface area contributed by atoms with Gasteiger partial charge in [-0.3, -0.25) is 0 Å². The van der Waals surface area contributed by atoms with E-state index in [1.807, 2.05) is 0 Å². The number of hydrogen-bond donors (Lipinski definition) is 2. The molecular weight excluding hydrogens is 166 g/mol. The maximum absolute atomic E-state index is 10.2. The first kappa shape index (κ1) is 10.1. The molecule has 2 N–H and O–H groups in total. The van der Waals surface area contributed by atoms with Gasteiger partial charge in [-0.2, -0.15) is 0 Å². The Morgan fingerprint density at radius 1 is 1.23 bits per heavy atom. The van der Waals surface area contributed by atoms with E-state index in [9.17, 15) is 4.79 Å². The molecule has 3 heteroatoms. The molecule has 0 aliphatic heterocycles. The molecule has 0 amide bonds. The van der Waals surface area contributed by atoms with Gasteiger partial charge < -0.3 is 10.4 Å². The molecule has 1 aliphatic carbocycles. The topological polar surface area (TPSA) is 49.3 Å². The quantitative estimate of drug-likeness (QED) is 0.519. The van der Waals surface area contributed by atoms with E-state index in [4.69, 9.17) is 5.11 Å². The summed E-state index contributed by atoms with van der Waals surface area (Å²) < 4.78 is 0. The van der Waals surface area contributed by atoms with Crippen molar-refractivity contribution in [3.8, 4) is 0 Å². The minimum absolute atomic E-state index is 0.484. The maximum Gasteiger partial charge on any atom is 0.329 e. The lowest BCUT2D eigenvalue weighted by Gasteiger charge is -2.13. The molecule has 3 nitrogen and oxygen atoms in total. The van der Waals surface area contributed by atoms with Gasteiger partial charge in [0.25, 0.3) is 0 Å². The highest BCUT2D eigenvalue weighted by atomic mass is 16.4. The fourth-order valence-electron chi connectivity index (χ4n) is 1.70. The second-order valence-electron chi connectivity index (χ2n) is 3.53. The van der Waals surface area contributed by atoms with Crippen LogP contribution in [0.1, 0.15) is 38.5 Å². The third-order valence-corrected chi connectivity index (χ3v) is 2.41. The van der Waals surface area contributed by atoms with E-state index in [1.165, 1.54) is 38.5 Å². The van der Waals surface area contributed by atoms with Crippen molar-refractivity contribution in [1.29, 1.82) is 0 Å². The predicted molar refractivity (Wildman–Crippen MR) is 51.4 cm³/mol. The molecule has 1 rings (SSSR count). The van der Waals surface area contributed by atoms with Crippen molar-refractivity contribution in [1.82, 2.24) is 5.32 Å². The summed E-state index contributed by atoms with van der Waals surface area (Å²) in [6.45, 7) is 0. The van der Waals surface area contributed by atoms with Crippen LogP contribution >= 0.6 is 0 Å². The number of carbonyl (C=O) groups is 1. The van der Waals surface area contributed by atoms with Gasteiger partial charge in [-0.1, -0.05) is 25.7 Å². The summed E-state index contributed by atoms with van der Waals surface area (Å²) >= 11 is 0. The molecule has 1 fully saturated rings. The number of carboxylic acids is 1. The first-order chi connectivity index (χ1) is 6.29. The standard InChI is InChI=1S/C10H17NO2/c12-10(13)7-8-11-9-5-3-1-2-4-6-9/h7-9,11H,1-6H2,(H,12,13)/b8-7+. The first-order valence-electron chi connectivity index (χ1n) is 4.94. The molecule has 0 bridgehead atoms. The number of aliphatic carboxylic acids is 1. The van der Waals surface area contributed by atoms with E-state index in [2.05, 4.69) is 5.32 Å². The zero-order valence-electron chi connectivity index (χ0n) is 7.83. The average molecular weight is 183 g/mol. The lowest BCUT2D eigenvalue weighted by atomic mass is 10.1. The van der Waals surface area contributed by atoms with Crippen LogP contribution in [0.15, 0.2) is 12.3 Å². The molecule has 0 aromatic heterocycles. The largest absolute Gasteiger partial charge is 0.478 e. The summed E-state index contributed by atoms with van der Waals surface area (Å²) in [6.07, 6.45) is 10.2. The van der Waals surface area contributed by atoms with E-state index in [1.54, 1.807) is 6.20 Å². The molecule has 0 heterocycles. The highest BCUT2D eigenvalue weighted by Crippen LogP contribution is 2.16. The number of rotatable bonds is 3. The highest BCUT2D eigenvalue weighted by molar-refractivity contribution is 5.79. The van der Waals surface area contributed by atoms with Crippen LogP contribution in [0.3, 0.4) is 0 Å². The molecule has 13 heavy (non-hydrogen) atoms. The molecular formula is C10H17NO2. The fraction of sp³-hybridized carbons (Fsp3) is 0.700. The SMILES string of the molecule is O=C(O)/C=C/NC1CCCCCC1. The molecule has 0 aromatic carbocycles. The third kappa shape index (κ3) is 4.55. The predicted octanol–water partition coefficient (Wildman–Crippen LogP) is 1.90. The summed E-state index contributed by atoms with van der Waals surface area (Å²) in [5.74, 6) is -0.888. The Morgan fingerprint density at radius 2 is 1.85 bits per heavy atom. The Hall–Kier alpha value is -0.990. The second kappa shape index (κ2) is 5.62. The summed E-state index contributed by atoms with van der Waals surface area (Å²) in [7, 11) is 0. The van der Waals surface area contributed by atoms with Gasteiger partial charge in [0.1, 0.15) is 0 Å². The first-order valence-corrected chi connectivity index (χ1v) is 4.94. The molecule has 1 aliphatic rings. The summed E-state index contributed by atoms with van der Waals surface area (Å²) in [5, 5.41) is 11.5. The Morgan fingerprint density at radius 3 is 2.38 bits per heavy atom. The third-order valence-electron chi connectivity index (χ3n) is 2.41. The second-order valence-corrected chi connectivity index (χ2v) is 3.53. The fourth-order valence-corrected chi connectivity index (χ4v) is 1.70. The molecule has 0 saturated heterocycles.